The van der Waals surface area contributed by atoms with E-state index in [1.807, 2.05) is 12.1 Å². The van der Waals surface area contributed by atoms with Crippen LogP contribution in [0.5, 0.6) is 23.0 Å². The van der Waals surface area contributed by atoms with E-state index >= 15 is 0 Å². The lowest BCUT2D eigenvalue weighted by molar-refractivity contribution is 0.373. The predicted molar refractivity (Wildman–Crippen MR) is 97.1 cm³/mol. The summed E-state index contributed by atoms with van der Waals surface area (Å²) in [5.41, 5.74) is 2.06. The van der Waals surface area contributed by atoms with Gasteiger partial charge in [-0.1, -0.05) is 24.3 Å². The molecule has 0 heterocycles. The first-order valence-electron chi connectivity index (χ1n) is 7.49. The van der Waals surface area contributed by atoms with Gasteiger partial charge in [-0.2, -0.15) is 0 Å². The van der Waals surface area contributed by atoms with Gasteiger partial charge in [-0.3, -0.25) is 0 Å². The topological polar surface area (TPSA) is 58.9 Å². The van der Waals surface area contributed by atoms with Crippen LogP contribution in [0.1, 0.15) is 11.1 Å². The molecule has 2 aromatic rings. The number of aromatic hydroxyl groups is 2. The molecular formula is C20H24O4. The average Bonchev–Trinajstić information content (AvgIpc) is 2.56. The van der Waals surface area contributed by atoms with Gasteiger partial charge < -0.3 is 19.7 Å². The van der Waals surface area contributed by atoms with Gasteiger partial charge in [0.05, 0.1) is 14.2 Å². The fourth-order valence-electron chi connectivity index (χ4n) is 2.06. The van der Waals surface area contributed by atoms with Crippen molar-refractivity contribution in [3.8, 4) is 23.0 Å². The van der Waals surface area contributed by atoms with Crippen molar-refractivity contribution in [2.75, 3.05) is 14.2 Å². The van der Waals surface area contributed by atoms with Crippen molar-refractivity contribution >= 4 is 0 Å². The summed E-state index contributed by atoms with van der Waals surface area (Å²) in [5.74, 6) is 1.36. The highest BCUT2D eigenvalue weighted by molar-refractivity contribution is 5.42. The van der Waals surface area contributed by atoms with Gasteiger partial charge in [0.15, 0.2) is 23.0 Å². The van der Waals surface area contributed by atoms with E-state index in [1.54, 1.807) is 36.4 Å². The Bertz CT molecular complexity index is 618. The molecule has 2 rings (SSSR count). The zero-order valence-electron chi connectivity index (χ0n) is 14.2. The van der Waals surface area contributed by atoms with Gasteiger partial charge in [0.2, 0.25) is 0 Å². The van der Waals surface area contributed by atoms with Gasteiger partial charge in [-0.25, -0.2) is 0 Å². The van der Waals surface area contributed by atoms with E-state index in [2.05, 4.69) is 13.2 Å². The summed E-state index contributed by atoms with van der Waals surface area (Å²) in [7, 11) is 3.06. The van der Waals surface area contributed by atoms with Crippen molar-refractivity contribution in [1.82, 2.24) is 0 Å². The summed E-state index contributed by atoms with van der Waals surface area (Å²) in [4.78, 5) is 0. The molecule has 0 fully saturated rings. The fourth-order valence-corrected chi connectivity index (χ4v) is 2.06. The second kappa shape index (κ2) is 10.0. The lowest BCUT2D eigenvalue weighted by atomic mass is 10.1. The Morgan fingerprint density at radius 3 is 1.42 bits per heavy atom. The van der Waals surface area contributed by atoms with Crippen LogP contribution in [-0.2, 0) is 12.8 Å². The number of hydrogen-bond acceptors (Lipinski definition) is 4. The molecule has 0 aliphatic rings. The minimum Gasteiger partial charge on any atom is -0.504 e. The van der Waals surface area contributed by atoms with Gasteiger partial charge in [-0.05, 0) is 48.2 Å². The normalized spacial score (nSPS) is 9.42. The van der Waals surface area contributed by atoms with Crippen LogP contribution in [0.25, 0.3) is 0 Å². The van der Waals surface area contributed by atoms with Crippen LogP contribution in [0.3, 0.4) is 0 Å². The highest BCUT2D eigenvalue weighted by atomic mass is 16.5. The number of ether oxygens (including phenoxy) is 2. The first-order chi connectivity index (χ1) is 11.5. The van der Waals surface area contributed by atoms with E-state index < -0.39 is 0 Å². The number of allylic oxidation sites excluding steroid dienone is 2. The molecule has 2 aromatic carbocycles. The molecule has 0 aliphatic heterocycles. The Morgan fingerprint density at radius 1 is 0.792 bits per heavy atom. The molecule has 4 heteroatoms. The second-order valence-corrected chi connectivity index (χ2v) is 5.00. The van der Waals surface area contributed by atoms with Crippen LogP contribution >= 0.6 is 0 Å². The van der Waals surface area contributed by atoms with E-state index in [4.69, 9.17) is 9.47 Å². The number of phenolic OH excluding ortho intramolecular Hbond substituents is 2. The van der Waals surface area contributed by atoms with Gasteiger partial charge in [0.25, 0.3) is 0 Å². The predicted octanol–water partition coefficient (Wildman–Crippen LogP) is 4.26. The van der Waals surface area contributed by atoms with Gasteiger partial charge in [0.1, 0.15) is 0 Å². The summed E-state index contributed by atoms with van der Waals surface area (Å²) in [6, 6.07) is 10.7. The third-order valence-corrected chi connectivity index (χ3v) is 3.25. The Balaban J connectivity index is 0.000000240. The molecule has 0 atom stereocenters. The molecule has 0 saturated carbocycles. The molecule has 4 nitrogen and oxygen atoms in total. The first-order valence-corrected chi connectivity index (χ1v) is 7.49. The molecular weight excluding hydrogens is 304 g/mol. The molecule has 2 N–H and O–H groups in total. The lowest BCUT2D eigenvalue weighted by Crippen LogP contribution is -1.85. The third kappa shape index (κ3) is 5.72. The first kappa shape index (κ1) is 19.2. The van der Waals surface area contributed by atoms with Crippen molar-refractivity contribution in [2.24, 2.45) is 0 Å². The standard InChI is InChI=1S/2C10H12O2/c2*1-3-4-8-5-6-10(12-2)9(11)7-8/h2*3,5-7,11H,1,4H2,2H3. The number of benzene rings is 2. The minimum absolute atomic E-state index is 0.178. The lowest BCUT2D eigenvalue weighted by Gasteiger charge is -2.03. The molecule has 0 aliphatic carbocycles. The van der Waals surface area contributed by atoms with E-state index in [-0.39, 0.29) is 11.5 Å². The van der Waals surface area contributed by atoms with Gasteiger partial charge in [0, 0.05) is 0 Å². The molecule has 24 heavy (non-hydrogen) atoms. The fraction of sp³-hybridized carbons (Fsp3) is 0.200. The van der Waals surface area contributed by atoms with Crippen LogP contribution < -0.4 is 9.47 Å². The Kier molecular flexibility index (Phi) is 7.99. The summed E-state index contributed by atoms with van der Waals surface area (Å²) in [6.45, 7) is 7.23. The number of rotatable bonds is 6. The van der Waals surface area contributed by atoms with Crippen LogP contribution in [0.2, 0.25) is 0 Å². The van der Waals surface area contributed by atoms with Crippen LogP contribution in [0.4, 0.5) is 0 Å². The Hall–Kier alpha value is -2.88. The maximum atomic E-state index is 9.36. The quantitative estimate of drug-likeness (QED) is 0.778. The van der Waals surface area contributed by atoms with Crippen molar-refractivity contribution in [2.45, 2.75) is 12.8 Å². The zero-order valence-corrected chi connectivity index (χ0v) is 14.2. The molecule has 128 valence electrons. The van der Waals surface area contributed by atoms with Crippen molar-refractivity contribution < 1.29 is 19.7 Å². The Labute approximate surface area is 143 Å². The van der Waals surface area contributed by atoms with Crippen LogP contribution in [0, 0.1) is 0 Å². The highest BCUT2D eigenvalue weighted by Gasteiger charge is 2.01. The van der Waals surface area contributed by atoms with Crippen LogP contribution in [0.15, 0.2) is 61.7 Å². The molecule has 0 bridgehead atoms. The van der Waals surface area contributed by atoms with Gasteiger partial charge >= 0.3 is 0 Å². The summed E-state index contributed by atoms with van der Waals surface area (Å²) < 4.78 is 9.80. The largest absolute Gasteiger partial charge is 0.504 e. The van der Waals surface area contributed by atoms with Crippen molar-refractivity contribution in [3.63, 3.8) is 0 Å². The highest BCUT2D eigenvalue weighted by Crippen LogP contribution is 2.27. The van der Waals surface area contributed by atoms with E-state index in [0.717, 1.165) is 24.0 Å². The zero-order chi connectivity index (χ0) is 17.9. The number of methoxy groups -OCH3 is 2. The monoisotopic (exact) mass is 328 g/mol. The van der Waals surface area contributed by atoms with Crippen molar-refractivity contribution in [3.05, 3.63) is 72.8 Å². The minimum atomic E-state index is 0.178. The maximum Gasteiger partial charge on any atom is 0.160 e. The third-order valence-electron chi connectivity index (χ3n) is 3.25. The molecule has 0 amide bonds. The smallest absolute Gasteiger partial charge is 0.160 e. The SMILES string of the molecule is C=CCc1ccc(OC)c(O)c1.C=CCc1ccc(OC)c(O)c1. The number of phenols is 2. The maximum absolute atomic E-state index is 9.36. The van der Waals surface area contributed by atoms with E-state index in [0.29, 0.717) is 11.5 Å². The van der Waals surface area contributed by atoms with Gasteiger partial charge in [-0.15, -0.1) is 13.2 Å². The Morgan fingerprint density at radius 2 is 1.17 bits per heavy atom. The molecule has 0 unspecified atom stereocenters. The molecule has 0 saturated heterocycles. The second-order valence-electron chi connectivity index (χ2n) is 5.00. The number of hydrogen-bond donors (Lipinski definition) is 2. The van der Waals surface area contributed by atoms with E-state index in [9.17, 15) is 10.2 Å². The molecule has 0 aromatic heterocycles. The van der Waals surface area contributed by atoms with Crippen LogP contribution in [-0.4, -0.2) is 24.4 Å². The summed E-state index contributed by atoms with van der Waals surface area (Å²) in [5, 5.41) is 18.7. The molecule has 0 spiro atoms. The summed E-state index contributed by atoms with van der Waals surface area (Å²) in [6.07, 6.45) is 5.11. The average molecular weight is 328 g/mol. The van der Waals surface area contributed by atoms with Crippen molar-refractivity contribution in [1.29, 1.82) is 0 Å². The summed E-state index contributed by atoms with van der Waals surface area (Å²) >= 11 is 0. The molecule has 0 radical (unpaired) electrons. The van der Waals surface area contributed by atoms with E-state index in [1.165, 1.54) is 14.2 Å².